The molecule has 576 valence electrons. The van der Waals surface area contributed by atoms with Crippen molar-refractivity contribution in [1.82, 2.24) is 44.4 Å². The summed E-state index contributed by atoms with van der Waals surface area (Å²) in [5.74, 6) is 3.92. The summed E-state index contributed by atoms with van der Waals surface area (Å²) < 4.78 is 6.19. The first-order valence-electron chi connectivity index (χ1n) is 38.6. The van der Waals surface area contributed by atoms with Crippen molar-refractivity contribution in [2.24, 2.45) is 41.2 Å². The third-order valence-corrected chi connectivity index (χ3v) is 28.7. The number of hydrogen-bond acceptors (Lipinski definition) is 9. The second kappa shape index (κ2) is 36.7. The van der Waals surface area contributed by atoms with Crippen molar-refractivity contribution in [3.05, 3.63) is 182 Å². The minimum absolute atomic E-state index is 0.138. The molecule has 15 rings (SSSR count). The first kappa shape index (κ1) is 81.5. The molecule has 7 amide bonds. The number of fused-ring (bicyclic) bond motifs is 6. The molecule has 9 aliphatic rings. The number of hydrogen-bond donors (Lipinski definition) is 1. The Morgan fingerprint density at radius 2 is 0.593 bits per heavy atom. The molecule has 25 heteroatoms. The molecule has 6 aliphatic heterocycles. The van der Waals surface area contributed by atoms with E-state index in [0.29, 0.717) is 67.9 Å². The Bertz CT molecular complexity index is 3910. The molecule has 9 heterocycles. The van der Waals surface area contributed by atoms with Gasteiger partial charge in [0.15, 0.2) is 0 Å². The Morgan fingerprint density at radius 1 is 0.352 bits per heavy atom. The molecule has 6 aromatic rings. The van der Waals surface area contributed by atoms with E-state index < -0.39 is 0 Å². The van der Waals surface area contributed by atoms with Gasteiger partial charge >= 0.3 is 6.03 Å². The lowest BCUT2D eigenvalue weighted by Crippen LogP contribution is -2.44. The number of urea groups is 1. The molecule has 3 aliphatic carbocycles. The second-order valence-electron chi connectivity index (χ2n) is 31.3. The summed E-state index contributed by atoms with van der Waals surface area (Å²) in [6.45, 7) is 12.4. The molecule has 3 atom stereocenters. The maximum atomic E-state index is 13.2. The fraction of sp³-hybridized carbons (Fsp3) is 0.530. The van der Waals surface area contributed by atoms with E-state index in [1.165, 1.54) is 61.5 Å². The van der Waals surface area contributed by atoms with Crippen LogP contribution in [0, 0.1) is 35.5 Å². The van der Waals surface area contributed by atoms with Gasteiger partial charge in [0.05, 0.1) is 17.1 Å². The van der Waals surface area contributed by atoms with Crippen LogP contribution in [0.5, 0.6) is 0 Å². The number of primary amides is 1. The predicted molar refractivity (Wildman–Crippen MR) is 447 cm³/mol. The number of carbonyl (C=O) groups is 6. The van der Waals surface area contributed by atoms with E-state index in [0.717, 1.165) is 229 Å². The summed E-state index contributed by atoms with van der Waals surface area (Å²) in [5, 5.41) is 2.27. The van der Waals surface area contributed by atoms with Crippen molar-refractivity contribution in [2.45, 2.75) is 166 Å². The maximum absolute atomic E-state index is 13.2. The summed E-state index contributed by atoms with van der Waals surface area (Å²) in [6, 6.07) is 18.6. The molecule has 6 saturated heterocycles. The molecule has 3 aromatic carbocycles. The van der Waals surface area contributed by atoms with Crippen molar-refractivity contribution in [1.29, 1.82) is 0 Å². The van der Waals surface area contributed by atoms with Gasteiger partial charge in [-0.05, 0) is 304 Å². The van der Waals surface area contributed by atoms with Crippen LogP contribution < -0.4 is 5.73 Å². The molecule has 0 saturated carbocycles. The SMILES string of the molecule is CC(=O)N1CCC(CC(=O)N2CCC(C3c4ncc(Br)cc4CCc4cc(Cl)cc(Br)c43)CC2)CC1.CC(=O)N1CCC(CC(=O)N2CCC([C@@H]3c4ncc(Br)cc4CCc4cc(Cl)cc(Br)c43)CC2)CC1.NC(=O)N1CCC(CC(=O)N2CCC(C3c4ncc(Br)cc4CCc4cc(Cl)cc(Br)c43)CC2)CC1. The zero-order valence-corrected chi connectivity index (χ0v) is 73.2. The van der Waals surface area contributed by atoms with Crippen LogP contribution in [0.1, 0.15) is 195 Å². The summed E-state index contributed by atoms with van der Waals surface area (Å²) in [7, 11) is 0. The quantitative estimate of drug-likeness (QED) is 0.147. The number of aryl methyl sites for hydroxylation is 6. The number of likely N-dealkylation sites (tertiary alicyclic amines) is 6. The maximum Gasteiger partial charge on any atom is 0.314 e. The number of halogens is 9. The second-order valence-corrected chi connectivity index (χ2v) is 38.0. The Morgan fingerprint density at radius 3 is 0.843 bits per heavy atom. The zero-order valence-electron chi connectivity index (χ0n) is 61.4. The lowest BCUT2D eigenvalue weighted by molar-refractivity contribution is -0.136. The Hall–Kier alpha value is -4.52. The average molecular weight is 1910 g/mol. The van der Waals surface area contributed by atoms with Crippen LogP contribution in [0.3, 0.4) is 0 Å². The predicted octanol–water partition coefficient (Wildman–Crippen LogP) is 18.7. The molecular formula is C83H95Br6Cl3N10O6. The smallest absolute Gasteiger partial charge is 0.314 e. The van der Waals surface area contributed by atoms with E-state index in [2.05, 4.69) is 142 Å². The first-order valence-corrected chi connectivity index (χ1v) is 44.5. The zero-order chi connectivity index (χ0) is 76.2. The van der Waals surface area contributed by atoms with Gasteiger partial charge in [-0.2, -0.15) is 0 Å². The molecule has 3 aromatic heterocycles. The van der Waals surface area contributed by atoms with Crippen molar-refractivity contribution in [3.63, 3.8) is 0 Å². The van der Waals surface area contributed by atoms with E-state index in [1.54, 1.807) is 18.7 Å². The van der Waals surface area contributed by atoms with Gasteiger partial charge in [-0.15, -0.1) is 0 Å². The van der Waals surface area contributed by atoms with Crippen molar-refractivity contribution in [3.8, 4) is 0 Å². The van der Waals surface area contributed by atoms with Crippen molar-refractivity contribution in [2.75, 3.05) is 78.5 Å². The van der Waals surface area contributed by atoms with E-state index >= 15 is 0 Å². The van der Waals surface area contributed by atoms with Crippen LogP contribution >= 0.6 is 130 Å². The highest BCUT2D eigenvalue weighted by Crippen LogP contribution is 2.50. The molecule has 108 heavy (non-hydrogen) atoms. The highest BCUT2D eigenvalue weighted by molar-refractivity contribution is 9.11. The Balaban J connectivity index is 0.000000143. The number of amides is 7. The van der Waals surface area contributed by atoms with Gasteiger partial charge < -0.3 is 35.1 Å². The van der Waals surface area contributed by atoms with E-state index in [-0.39, 0.29) is 53.3 Å². The summed E-state index contributed by atoms with van der Waals surface area (Å²) >= 11 is 41.7. The Labute approximate surface area is 701 Å². The van der Waals surface area contributed by atoms with Gasteiger partial charge in [-0.1, -0.05) is 82.6 Å². The molecular weight excluding hydrogens is 1820 g/mol. The molecule has 0 spiro atoms. The third-order valence-electron chi connectivity index (χ3n) is 24.8. The van der Waals surface area contributed by atoms with E-state index in [1.807, 2.05) is 51.5 Å². The van der Waals surface area contributed by atoms with Crippen LogP contribution in [0.4, 0.5) is 4.79 Å². The summed E-state index contributed by atoms with van der Waals surface area (Å²) in [5.41, 5.74) is 20.6. The van der Waals surface area contributed by atoms with Gasteiger partial charge in [0.1, 0.15) is 0 Å². The monoisotopic (exact) mass is 1910 g/mol. The topological polar surface area (TPSA) is 187 Å². The molecule has 0 radical (unpaired) electrons. The summed E-state index contributed by atoms with van der Waals surface area (Å²) in [4.78, 5) is 100. The lowest BCUT2D eigenvalue weighted by atomic mass is 9.76. The normalized spacial score (nSPS) is 21.0. The van der Waals surface area contributed by atoms with Gasteiger partial charge in [0, 0.05) is 190 Å². The minimum Gasteiger partial charge on any atom is -0.351 e. The van der Waals surface area contributed by atoms with Crippen LogP contribution in [0.15, 0.2) is 100 Å². The molecule has 6 fully saturated rings. The lowest BCUT2D eigenvalue weighted by Gasteiger charge is -2.38. The van der Waals surface area contributed by atoms with Gasteiger partial charge in [-0.25, -0.2) is 4.79 Å². The van der Waals surface area contributed by atoms with Crippen LogP contribution in [0.25, 0.3) is 0 Å². The number of rotatable bonds is 9. The number of pyridine rings is 3. The fourth-order valence-corrected chi connectivity index (χ4v) is 23.4. The van der Waals surface area contributed by atoms with Crippen molar-refractivity contribution >= 4 is 166 Å². The van der Waals surface area contributed by atoms with Crippen molar-refractivity contribution < 1.29 is 28.8 Å². The Kier molecular flexibility index (Phi) is 27.7. The number of carbonyl (C=O) groups excluding carboxylic acids is 6. The number of piperidine rings is 6. The number of benzene rings is 3. The summed E-state index contributed by atoms with van der Waals surface area (Å²) in [6.07, 6.45) is 24.3. The molecule has 2 N–H and O–H groups in total. The highest BCUT2D eigenvalue weighted by Gasteiger charge is 2.42. The van der Waals surface area contributed by atoms with Gasteiger partial charge in [-0.3, -0.25) is 38.9 Å². The standard InChI is InChI=1S/2C28H32Br2ClN3O2.C27H31Br2ClN4O2/c2*1-17(35)33-8-4-18(5-9-33)12-25(36)34-10-6-19(7-11-34)27-26-20(14-23(31)15-24(26)30)2-3-21-13-22(29)16-32-28(21)27;28-20-12-19-2-1-18-13-21(30)14-22(29)24(18)25(26(19)32-15-20)17-5-9-33(10-6-17)23(35)11-16-3-7-34(8-4-16)27(31)36/h2*13-16,18-19,27H,2-12H2,1H3;12-17,25H,1-11H2,(H2,31,36)/t27-;;/m0../s1. The number of nitrogens with two attached hydrogens (primary N) is 1. The molecule has 16 nitrogen and oxygen atoms in total. The average Bonchev–Trinajstić information content (AvgIpc) is 1.68. The van der Waals surface area contributed by atoms with Crippen LogP contribution in [0.2, 0.25) is 15.1 Å². The van der Waals surface area contributed by atoms with Crippen LogP contribution in [-0.4, -0.2) is 158 Å². The largest absolute Gasteiger partial charge is 0.351 e. The number of aromatic nitrogens is 3. The highest BCUT2D eigenvalue weighted by atomic mass is 79.9. The number of nitrogens with zero attached hydrogens (tertiary/aromatic N) is 9. The first-order chi connectivity index (χ1) is 51.9. The molecule has 0 bridgehead atoms. The van der Waals surface area contributed by atoms with E-state index in [9.17, 15) is 28.8 Å². The third kappa shape index (κ3) is 19.5. The van der Waals surface area contributed by atoms with Crippen LogP contribution in [-0.2, 0) is 62.5 Å². The van der Waals surface area contributed by atoms with Gasteiger partial charge in [0.25, 0.3) is 0 Å². The minimum atomic E-state index is -0.362. The molecule has 2 unspecified atom stereocenters. The van der Waals surface area contributed by atoms with E-state index in [4.69, 9.17) is 55.5 Å². The van der Waals surface area contributed by atoms with Gasteiger partial charge in [0.2, 0.25) is 29.5 Å². The fourth-order valence-electron chi connectivity index (χ4n) is 18.9.